The van der Waals surface area contributed by atoms with E-state index in [1.54, 1.807) is 23.1 Å². The van der Waals surface area contributed by atoms with Crippen LogP contribution < -0.4 is 15.0 Å². The van der Waals surface area contributed by atoms with Gasteiger partial charge in [0.15, 0.2) is 0 Å². The van der Waals surface area contributed by atoms with Gasteiger partial charge in [0.2, 0.25) is 11.8 Å². The summed E-state index contributed by atoms with van der Waals surface area (Å²) in [6, 6.07) is 4.65. The molecule has 1 aliphatic rings. The Kier molecular flexibility index (Phi) is 4.73. The van der Waals surface area contributed by atoms with Crippen molar-refractivity contribution >= 4 is 29.1 Å². The second-order valence-electron chi connectivity index (χ2n) is 5.35. The Labute approximate surface area is 129 Å². The molecule has 21 heavy (non-hydrogen) atoms. The van der Waals surface area contributed by atoms with E-state index in [1.165, 1.54) is 7.11 Å². The third-order valence-electron chi connectivity index (χ3n) is 3.52. The van der Waals surface area contributed by atoms with E-state index < -0.39 is 6.04 Å². The number of carbonyl (C=O) groups is 2. The van der Waals surface area contributed by atoms with Crippen molar-refractivity contribution in [2.75, 3.05) is 18.6 Å². The van der Waals surface area contributed by atoms with E-state index in [0.717, 1.165) is 0 Å². The van der Waals surface area contributed by atoms with Gasteiger partial charge in [0.05, 0.1) is 12.1 Å². The summed E-state index contributed by atoms with van der Waals surface area (Å²) in [4.78, 5) is 26.0. The molecule has 1 unspecified atom stereocenters. The highest BCUT2D eigenvalue weighted by molar-refractivity contribution is 6.32. The molecular formula is C15H19ClN2O3. The van der Waals surface area contributed by atoms with Gasteiger partial charge in [-0.3, -0.25) is 9.59 Å². The molecule has 0 radical (unpaired) electrons. The molecule has 0 bridgehead atoms. The maximum Gasteiger partial charge on any atom is 0.249 e. The summed E-state index contributed by atoms with van der Waals surface area (Å²) in [5.74, 6) is 0.313. The molecule has 1 heterocycles. The lowest BCUT2D eigenvalue weighted by molar-refractivity contribution is -0.126. The fourth-order valence-electron chi connectivity index (χ4n) is 2.32. The molecular weight excluding hydrogens is 292 g/mol. The van der Waals surface area contributed by atoms with Gasteiger partial charge in [0, 0.05) is 24.7 Å². The average Bonchev–Trinajstić information content (AvgIpc) is 2.59. The SMILES string of the molecule is COc1cc(N2CCC(=O)NC(C(C)C)C2=O)ccc1Cl. The molecule has 114 valence electrons. The van der Waals surface area contributed by atoms with Gasteiger partial charge in [0.25, 0.3) is 0 Å². The summed E-state index contributed by atoms with van der Waals surface area (Å²) in [6.07, 6.45) is 0.278. The highest BCUT2D eigenvalue weighted by atomic mass is 35.5. The average molecular weight is 311 g/mol. The molecule has 1 fully saturated rings. The van der Waals surface area contributed by atoms with E-state index in [1.807, 2.05) is 13.8 Å². The summed E-state index contributed by atoms with van der Waals surface area (Å²) >= 11 is 6.01. The van der Waals surface area contributed by atoms with E-state index in [9.17, 15) is 9.59 Å². The van der Waals surface area contributed by atoms with Crippen molar-refractivity contribution in [3.05, 3.63) is 23.2 Å². The summed E-state index contributed by atoms with van der Waals surface area (Å²) in [6.45, 7) is 4.17. The lowest BCUT2D eigenvalue weighted by Crippen LogP contribution is -2.47. The molecule has 1 saturated heterocycles. The van der Waals surface area contributed by atoms with Crippen LogP contribution in [0.4, 0.5) is 5.69 Å². The number of benzene rings is 1. The molecule has 2 rings (SSSR count). The number of hydrogen-bond acceptors (Lipinski definition) is 3. The molecule has 1 N–H and O–H groups in total. The van der Waals surface area contributed by atoms with Crippen LogP contribution in [0, 0.1) is 5.92 Å². The first-order valence-corrected chi connectivity index (χ1v) is 7.26. The maximum atomic E-state index is 12.7. The second kappa shape index (κ2) is 6.35. The first-order valence-electron chi connectivity index (χ1n) is 6.88. The van der Waals surface area contributed by atoms with E-state index in [-0.39, 0.29) is 24.2 Å². The number of rotatable bonds is 3. The van der Waals surface area contributed by atoms with Gasteiger partial charge in [-0.05, 0) is 18.1 Å². The quantitative estimate of drug-likeness (QED) is 0.931. The molecule has 2 amide bonds. The topological polar surface area (TPSA) is 58.6 Å². The van der Waals surface area contributed by atoms with Gasteiger partial charge in [-0.1, -0.05) is 25.4 Å². The Morgan fingerprint density at radius 2 is 2.10 bits per heavy atom. The van der Waals surface area contributed by atoms with Gasteiger partial charge in [-0.2, -0.15) is 0 Å². The van der Waals surface area contributed by atoms with Crippen LogP contribution in [0.3, 0.4) is 0 Å². The van der Waals surface area contributed by atoms with Gasteiger partial charge < -0.3 is 15.0 Å². The van der Waals surface area contributed by atoms with Crippen molar-refractivity contribution in [2.45, 2.75) is 26.3 Å². The monoisotopic (exact) mass is 310 g/mol. The summed E-state index contributed by atoms with van der Waals surface area (Å²) in [7, 11) is 1.53. The Bertz CT molecular complexity index is 560. The zero-order chi connectivity index (χ0) is 15.6. The van der Waals surface area contributed by atoms with E-state index in [4.69, 9.17) is 16.3 Å². The minimum atomic E-state index is -0.512. The van der Waals surface area contributed by atoms with Crippen molar-refractivity contribution in [2.24, 2.45) is 5.92 Å². The molecule has 1 aromatic carbocycles. The smallest absolute Gasteiger partial charge is 0.249 e. The van der Waals surface area contributed by atoms with Crippen molar-refractivity contribution in [1.29, 1.82) is 0 Å². The lowest BCUT2D eigenvalue weighted by Gasteiger charge is -2.26. The fraction of sp³-hybridized carbons (Fsp3) is 0.467. The van der Waals surface area contributed by atoms with Crippen LogP contribution in [-0.2, 0) is 9.59 Å². The van der Waals surface area contributed by atoms with E-state index in [0.29, 0.717) is 23.0 Å². The minimum Gasteiger partial charge on any atom is -0.495 e. The van der Waals surface area contributed by atoms with Crippen molar-refractivity contribution in [3.63, 3.8) is 0 Å². The Morgan fingerprint density at radius 1 is 1.38 bits per heavy atom. The van der Waals surface area contributed by atoms with Crippen LogP contribution in [0.1, 0.15) is 20.3 Å². The number of anilines is 1. The van der Waals surface area contributed by atoms with Crippen LogP contribution in [0.5, 0.6) is 5.75 Å². The zero-order valence-electron chi connectivity index (χ0n) is 12.4. The fourth-order valence-corrected chi connectivity index (χ4v) is 2.52. The third-order valence-corrected chi connectivity index (χ3v) is 3.84. The van der Waals surface area contributed by atoms with Gasteiger partial charge in [-0.15, -0.1) is 0 Å². The summed E-state index contributed by atoms with van der Waals surface area (Å²) in [5.41, 5.74) is 0.684. The Morgan fingerprint density at radius 3 is 2.71 bits per heavy atom. The number of hydrogen-bond donors (Lipinski definition) is 1. The van der Waals surface area contributed by atoms with E-state index in [2.05, 4.69) is 5.32 Å². The number of nitrogens with zero attached hydrogens (tertiary/aromatic N) is 1. The standard InChI is InChI=1S/C15H19ClN2O3/c1-9(2)14-15(20)18(7-6-13(19)17-14)10-4-5-11(16)12(8-10)21-3/h4-5,8-9,14H,6-7H2,1-3H3,(H,17,19). The minimum absolute atomic E-state index is 0.0243. The predicted molar refractivity (Wildman–Crippen MR) is 81.7 cm³/mol. The number of halogens is 1. The van der Waals surface area contributed by atoms with Crippen LogP contribution in [0.2, 0.25) is 5.02 Å². The normalized spacial score (nSPS) is 19.5. The molecule has 1 aromatic rings. The first-order chi connectivity index (χ1) is 9.93. The van der Waals surface area contributed by atoms with Crippen LogP contribution in [-0.4, -0.2) is 31.5 Å². The summed E-state index contributed by atoms with van der Waals surface area (Å²) in [5, 5.41) is 3.26. The van der Waals surface area contributed by atoms with Crippen LogP contribution in [0.25, 0.3) is 0 Å². The third kappa shape index (κ3) is 3.29. The largest absolute Gasteiger partial charge is 0.495 e. The molecule has 0 spiro atoms. The Balaban J connectivity index is 2.36. The van der Waals surface area contributed by atoms with Crippen molar-refractivity contribution in [1.82, 2.24) is 5.32 Å². The molecule has 0 aliphatic carbocycles. The molecule has 5 nitrogen and oxygen atoms in total. The van der Waals surface area contributed by atoms with Crippen molar-refractivity contribution < 1.29 is 14.3 Å². The number of nitrogens with one attached hydrogen (secondary N) is 1. The number of methoxy groups -OCH3 is 1. The van der Waals surface area contributed by atoms with Crippen molar-refractivity contribution in [3.8, 4) is 5.75 Å². The van der Waals surface area contributed by atoms with Gasteiger partial charge >= 0.3 is 0 Å². The van der Waals surface area contributed by atoms with Crippen LogP contribution in [0.15, 0.2) is 18.2 Å². The number of carbonyl (C=O) groups excluding carboxylic acids is 2. The van der Waals surface area contributed by atoms with Gasteiger partial charge in [-0.25, -0.2) is 0 Å². The molecule has 1 aliphatic heterocycles. The van der Waals surface area contributed by atoms with Crippen LogP contribution >= 0.6 is 11.6 Å². The van der Waals surface area contributed by atoms with Gasteiger partial charge in [0.1, 0.15) is 11.8 Å². The molecule has 0 saturated carbocycles. The first kappa shape index (κ1) is 15.6. The number of amides is 2. The van der Waals surface area contributed by atoms with E-state index >= 15 is 0 Å². The zero-order valence-corrected chi connectivity index (χ0v) is 13.1. The second-order valence-corrected chi connectivity index (χ2v) is 5.76. The molecule has 0 aromatic heterocycles. The maximum absolute atomic E-state index is 12.7. The number of ether oxygens (including phenoxy) is 1. The Hall–Kier alpha value is -1.75. The molecule has 1 atom stereocenters. The lowest BCUT2D eigenvalue weighted by atomic mass is 10.0. The summed E-state index contributed by atoms with van der Waals surface area (Å²) < 4.78 is 5.19. The highest BCUT2D eigenvalue weighted by Gasteiger charge is 2.32. The highest BCUT2D eigenvalue weighted by Crippen LogP contribution is 2.30. The predicted octanol–water partition coefficient (Wildman–Crippen LogP) is 2.23. The molecule has 6 heteroatoms.